The predicted molar refractivity (Wildman–Crippen MR) is 109 cm³/mol. The molecule has 1 unspecified atom stereocenters. The van der Waals surface area contributed by atoms with E-state index in [0.29, 0.717) is 0 Å². The highest BCUT2D eigenvalue weighted by Gasteiger charge is 2.23. The van der Waals surface area contributed by atoms with E-state index in [-0.39, 0.29) is 11.1 Å². The molecule has 0 fully saturated rings. The third-order valence-corrected chi connectivity index (χ3v) is 5.00. The van der Waals surface area contributed by atoms with Crippen molar-refractivity contribution in [2.45, 2.75) is 71.1 Å². The summed E-state index contributed by atoms with van der Waals surface area (Å²) in [6.07, 6.45) is 3.06. The van der Waals surface area contributed by atoms with Crippen LogP contribution in [0.4, 0.5) is 0 Å². The Hall–Kier alpha value is -0.940. The molecule has 0 bridgehead atoms. The lowest BCUT2D eigenvalue weighted by Crippen LogP contribution is -2.45. The van der Waals surface area contributed by atoms with E-state index in [0.717, 1.165) is 49.9 Å². The second-order valence-corrected chi connectivity index (χ2v) is 9.31. The van der Waals surface area contributed by atoms with Crippen molar-refractivity contribution in [2.24, 2.45) is 11.5 Å². The van der Waals surface area contributed by atoms with Gasteiger partial charge in [-0.25, -0.2) is 0 Å². The fourth-order valence-corrected chi connectivity index (χ4v) is 2.71. The number of hydrogen-bond acceptors (Lipinski definition) is 3. The monoisotopic (exact) mass is 349 g/mol. The molecule has 5 N–H and O–H groups in total. The Labute approximate surface area is 155 Å². The molecule has 0 heterocycles. The van der Waals surface area contributed by atoms with E-state index in [4.69, 9.17) is 11.5 Å². The summed E-state index contributed by atoms with van der Waals surface area (Å²) in [5, 5.41) is 3.47. The van der Waals surface area contributed by atoms with Gasteiger partial charge in [0, 0.05) is 29.6 Å². The zero-order valence-corrected chi connectivity index (χ0v) is 17.4. The Bertz CT molecular complexity index is 498. The van der Waals surface area contributed by atoms with Crippen LogP contribution in [-0.4, -0.2) is 42.7 Å². The lowest BCUT2D eigenvalue weighted by Gasteiger charge is -2.33. The number of benzene rings is 1. The maximum Gasteiger partial charge on any atom is 0.104 e. The molecular formula is C21H41N4+. The molecule has 144 valence electrons. The van der Waals surface area contributed by atoms with E-state index in [1.54, 1.807) is 0 Å². The maximum atomic E-state index is 6.30. The van der Waals surface area contributed by atoms with Crippen LogP contribution in [0.2, 0.25) is 0 Å². The van der Waals surface area contributed by atoms with E-state index in [2.05, 4.69) is 71.4 Å². The van der Waals surface area contributed by atoms with Gasteiger partial charge in [-0.2, -0.15) is 0 Å². The van der Waals surface area contributed by atoms with Gasteiger partial charge in [-0.15, -0.1) is 0 Å². The smallest absolute Gasteiger partial charge is 0.104 e. The molecule has 1 rings (SSSR count). The average Bonchev–Trinajstić information content (AvgIpc) is 2.50. The molecule has 0 amide bonds. The molecule has 4 nitrogen and oxygen atoms in total. The van der Waals surface area contributed by atoms with E-state index < -0.39 is 0 Å². The standard InChI is InChI=1S/C21H41N4/c1-7-21(4,23)13-15-25(5,6)17-19-10-8-18(9-11-19)16-24-14-12-20(2,3)22/h8-11,24H,7,12-17,22-23H2,1-6H3/q+1. The van der Waals surface area contributed by atoms with Gasteiger partial charge in [-0.3, -0.25) is 0 Å². The lowest BCUT2D eigenvalue weighted by atomic mass is 9.95. The van der Waals surface area contributed by atoms with Crippen molar-refractivity contribution in [1.82, 2.24) is 5.32 Å². The number of quaternary nitrogens is 1. The van der Waals surface area contributed by atoms with Gasteiger partial charge >= 0.3 is 0 Å². The van der Waals surface area contributed by atoms with Gasteiger partial charge in [0.2, 0.25) is 0 Å². The molecule has 4 heteroatoms. The van der Waals surface area contributed by atoms with E-state index in [1.807, 2.05) is 0 Å². The van der Waals surface area contributed by atoms with Gasteiger partial charge in [0.1, 0.15) is 6.54 Å². The van der Waals surface area contributed by atoms with Gasteiger partial charge in [0.05, 0.1) is 20.6 Å². The normalized spacial score (nSPS) is 15.2. The zero-order chi connectivity index (χ0) is 19.1. The zero-order valence-electron chi connectivity index (χ0n) is 17.4. The van der Waals surface area contributed by atoms with Crippen LogP contribution in [0.3, 0.4) is 0 Å². The molecule has 0 spiro atoms. The van der Waals surface area contributed by atoms with E-state index in [9.17, 15) is 0 Å². The van der Waals surface area contributed by atoms with E-state index in [1.165, 1.54) is 11.1 Å². The van der Waals surface area contributed by atoms with Crippen molar-refractivity contribution in [1.29, 1.82) is 0 Å². The molecule has 0 radical (unpaired) electrons. The highest BCUT2D eigenvalue weighted by Crippen LogP contribution is 2.16. The molecule has 1 aromatic carbocycles. The Balaban J connectivity index is 2.45. The summed E-state index contributed by atoms with van der Waals surface area (Å²) in [6.45, 7) is 12.4. The van der Waals surface area contributed by atoms with Crippen molar-refractivity contribution >= 4 is 0 Å². The largest absolute Gasteiger partial charge is 0.326 e. The van der Waals surface area contributed by atoms with Gasteiger partial charge in [0.15, 0.2) is 0 Å². The summed E-state index contributed by atoms with van der Waals surface area (Å²) < 4.78 is 0.968. The van der Waals surface area contributed by atoms with Crippen LogP contribution in [0.15, 0.2) is 24.3 Å². The Kier molecular flexibility index (Phi) is 8.07. The molecule has 0 saturated heterocycles. The molecule has 0 aliphatic heterocycles. The second kappa shape index (κ2) is 9.13. The first-order valence-corrected chi connectivity index (χ1v) is 9.61. The first-order valence-electron chi connectivity index (χ1n) is 9.61. The highest BCUT2D eigenvalue weighted by molar-refractivity contribution is 5.21. The fraction of sp³-hybridized carbons (Fsp3) is 0.714. The second-order valence-electron chi connectivity index (χ2n) is 9.31. The third-order valence-electron chi connectivity index (χ3n) is 5.00. The predicted octanol–water partition coefficient (Wildman–Crippen LogP) is 3.00. The third kappa shape index (κ3) is 9.95. The minimum Gasteiger partial charge on any atom is -0.326 e. The molecule has 1 atom stereocenters. The van der Waals surface area contributed by atoms with Crippen LogP contribution in [0.5, 0.6) is 0 Å². The first kappa shape index (κ1) is 22.1. The van der Waals surface area contributed by atoms with Crippen molar-refractivity contribution in [3.63, 3.8) is 0 Å². The number of rotatable bonds is 11. The Morgan fingerprint density at radius 1 is 0.960 bits per heavy atom. The molecular weight excluding hydrogens is 308 g/mol. The van der Waals surface area contributed by atoms with Crippen LogP contribution < -0.4 is 16.8 Å². The average molecular weight is 350 g/mol. The maximum absolute atomic E-state index is 6.30. The fourth-order valence-electron chi connectivity index (χ4n) is 2.71. The van der Waals surface area contributed by atoms with Crippen LogP contribution in [0.1, 0.15) is 58.1 Å². The minimum absolute atomic E-state index is 0.0524. The Morgan fingerprint density at radius 3 is 2.04 bits per heavy atom. The van der Waals surface area contributed by atoms with Crippen LogP contribution in [0, 0.1) is 0 Å². The molecule has 0 aromatic heterocycles. The van der Waals surface area contributed by atoms with Gasteiger partial charge < -0.3 is 21.3 Å². The van der Waals surface area contributed by atoms with Crippen LogP contribution >= 0.6 is 0 Å². The molecule has 1 aromatic rings. The lowest BCUT2D eigenvalue weighted by molar-refractivity contribution is -0.904. The summed E-state index contributed by atoms with van der Waals surface area (Å²) in [4.78, 5) is 0. The minimum atomic E-state index is -0.0995. The molecule has 0 aliphatic carbocycles. The Morgan fingerprint density at radius 2 is 1.52 bits per heavy atom. The van der Waals surface area contributed by atoms with Gasteiger partial charge in [-0.1, -0.05) is 31.2 Å². The highest BCUT2D eigenvalue weighted by atomic mass is 15.3. The number of hydrogen-bond donors (Lipinski definition) is 3. The van der Waals surface area contributed by atoms with E-state index >= 15 is 0 Å². The SMILES string of the molecule is CCC(C)(N)CC[N+](C)(C)Cc1ccc(CNCCC(C)(C)N)cc1. The van der Waals surface area contributed by atoms with Crippen LogP contribution in [-0.2, 0) is 13.1 Å². The summed E-state index contributed by atoms with van der Waals surface area (Å²) in [6, 6.07) is 8.97. The summed E-state index contributed by atoms with van der Waals surface area (Å²) >= 11 is 0. The first-order chi connectivity index (χ1) is 11.4. The molecule has 25 heavy (non-hydrogen) atoms. The molecule has 0 aliphatic rings. The van der Waals surface area contributed by atoms with Crippen molar-refractivity contribution in [3.8, 4) is 0 Å². The number of nitrogens with two attached hydrogens (primary N) is 2. The van der Waals surface area contributed by atoms with Crippen molar-refractivity contribution < 1.29 is 4.48 Å². The summed E-state index contributed by atoms with van der Waals surface area (Å²) in [7, 11) is 4.57. The number of nitrogens with one attached hydrogen (secondary N) is 1. The van der Waals surface area contributed by atoms with Gasteiger partial charge in [0.25, 0.3) is 0 Å². The summed E-state index contributed by atoms with van der Waals surface area (Å²) in [5.74, 6) is 0. The van der Waals surface area contributed by atoms with Crippen molar-refractivity contribution in [2.75, 3.05) is 27.2 Å². The van der Waals surface area contributed by atoms with Crippen molar-refractivity contribution in [3.05, 3.63) is 35.4 Å². The number of nitrogens with zero attached hydrogens (tertiary/aromatic N) is 1. The molecule has 0 saturated carbocycles. The van der Waals surface area contributed by atoms with Crippen LogP contribution in [0.25, 0.3) is 0 Å². The van der Waals surface area contributed by atoms with Gasteiger partial charge in [-0.05, 0) is 45.7 Å². The quantitative estimate of drug-likeness (QED) is 0.425. The topological polar surface area (TPSA) is 64.1 Å². The summed E-state index contributed by atoms with van der Waals surface area (Å²) in [5.41, 5.74) is 14.9.